The van der Waals surface area contributed by atoms with Gasteiger partial charge in [-0.25, -0.2) is 0 Å². The Morgan fingerprint density at radius 3 is 2.50 bits per heavy atom. The van der Waals surface area contributed by atoms with Crippen LogP contribution in [0.4, 0.5) is 0 Å². The SMILES string of the molecule is CCC1NC(=O)C(C)(CC)N(CCOCC(C)C)C1=O. The molecule has 1 saturated heterocycles. The van der Waals surface area contributed by atoms with Crippen molar-refractivity contribution in [2.24, 2.45) is 5.92 Å². The van der Waals surface area contributed by atoms with Gasteiger partial charge in [-0.3, -0.25) is 9.59 Å². The second-order valence-corrected chi connectivity index (χ2v) is 6.02. The molecule has 0 aromatic rings. The molecule has 0 bridgehead atoms. The average Bonchev–Trinajstić information content (AvgIpc) is 2.41. The van der Waals surface area contributed by atoms with Gasteiger partial charge in [-0.2, -0.15) is 0 Å². The molecule has 2 atom stereocenters. The first kappa shape index (κ1) is 17.0. The minimum absolute atomic E-state index is 0.00426. The molecule has 0 spiro atoms. The monoisotopic (exact) mass is 284 g/mol. The van der Waals surface area contributed by atoms with Gasteiger partial charge in [-0.1, -0.05) is 27.7 Å². The Bertz CT molecular complexity index is 357. The van der Waals surface area contributed by atoms with Gasteiger partial charge in [0.2, 0.25) is 11.8 Å². The highest BCUT2D eigenvalue weighted by atomic mass is 16.5. The maximum absolute atomic E-state index is 12.5. The van der Waals surface area contributed by atoms with Gasteiger partial charge < -0.3 is 15.0 Å². The molecule has 1 N–H and O–H groups in total. The number of nitrogens with one attached hydrogen (secondary N) is 1. The molecule has 0 aromatic heterocycles. The number of rotatable bonds is 7. The zero-order valence-corrected chi connectivity index (χ0v) is 13.4. The largest absolute Gasteiger partial charge is 0.379 e. The van der Waals surface area contributed by atoms with Crippen molar-refractivity contribution in [2.75, 3.05) is 19.8 Å². The smallest absolute Gasteiger partial charge is 0.246 e. The van der Waals surface area contributed by atoms with Crippen LogP contribution in [0.1, 0.15) is 47.5 Å². The number of amides is 2. The third-order valence-electron chi connectivity index (χ3n) is 3.96. The third kappa shape index (κ3) is 3.51. The third-order valence-corrected chi connectivity index (χ3v) is 3.96. The van der Waals surface area contributed by atoms with Gasteiger partial charge in [-0.05, 0) is 25.7 Å². The van der Waals surface area contributed by atoms with Gasteiger partial charge in [0.15, 0.2) is 0 Å². The number of ether oxygens (including phenoxy) is 1. The molecule has 2 amide bonds. The Kier molecular flexibility index (Phi) is 5.99. The summed E-state index contributed by atoms with van der Waals surface area (Å²) in [5.41, 5.74) is -0.760. The predicted molar refractivity (Wildman–Crippen MR) is 78.3 cm³/mol. The first-order valence-corrected chi connectivity index (χ1v) is 7.57. The molecule has 1 rings (SSSR count). The van der Waals surface area contributed by atoms with E-state index < -0.39 is 11.6 Å². The normalized spacial score (nSPS) is 27.1. The Balaban J connectivity index is 2.74. The van der Waals surface area contributed by atoms with Crippen LogP contribution in [0.5, 0.6) is 0 Å². The van der Waals surface area contributed by atoms with E-state index in [2.05, 4.69) is 19.2 Å². The van der Waals surface area contributed by atoms with Crippen LogP contribution in [-0.4, -0.2) is 48.1 Å². The fourth-order valence-corrected chi connectivity index (χ4v) is 2.39. The van der Waals surface area contributed by atoms with E-state index in [-0.39, 0.29) is 11.8 Å². The number of carbonyl (C=O) groups excluding carboxylic acids is 2. The molecule has 20 heavy (non-hydrogen) atoms. The van der Waals surface area contributed by atoms with Crippen LogP contribution >= 0.6 is 0 Å². The van der Waals surface area contributed by atoms with Crippen molar-refractivity contribution in [3.8, 4) is 0 Å². The van der Waals surface area contributed by atoms with Crippen molar-refractivity contribution in [2.45, 2.75) is 59.0 Å². The minimum atomic E-state index is -0.760. The van der Waals surface area contributed by atoms with E-state index in [4.69, 9.17) is 4.74 Å². The summed E-state index contributed by atoms with van der Waals surface area (Å²) >= 11 is 0. The van der Waals surface area contributed by atoms with Gasteiger partial charge in [0, 0.05) is 13.2 Å². The van der Waals surface area contributed by atoms with Crippen molar-refractivity contribution in [3.63, 3.8) is 0 Å². The van der Waals surface area contributed by atoms with E-state index in [9.17, 15) is 9.59 Å². The summed E-state index contributed by atoms with van der Waals surface area (Å²) in [4.78, 5) is 26.4. The van der Waals surface area contributed by atoms with Gasteiger partial charge in [0.1, 0.15) is 11.6 Å². The molecule has 116 valence electrons. The quantitative estimate of drug-likeness (QED) is 0.722. The molecule has 5 nitrogen and oxygen atoms in total. The van der Waals surface area contributed by atoms with Gasteiger partial charge >= 0.3 is 0 Å². The number of hydrogen-bond acceptors (Lipinski definition) is 3. The summed E-state index contributed by atoms with van der Waals surface area (Å²) in [6.07, 6.45) is 1.22. The van der Waals surface area contributed by atoms with Crippen LogP contribution < -0.4 is 5.32 Å². The lowest BCUT2D eigenvalue weighted by molar-refractivity contribution is -0.157. The molecule has 1 heterocycles. The first-order valence-electron chi connectivity index (χ1n) is 7.57. The lowest BCUT2D eigenvalue weighted by Crippen LogP contribution is -2.69. The topological polar surface area (TPSA) is 58.6 Å². The summed E-state index contributed by atoms with van der Waals surface area (Å²) in [5.74, 6) is 0.413. The lowest BCUT2D eigenvalue weighted by atomic mass is 9.90. The van der Waals surface area contributed by atoms with Gasteiger partial charge in [0.05, 0.1) is 6.61 Å². The molecule has 0 aromatic carbocycles. The Morgan fingerprint density at radius 1 is 1.35 bits per heavy atom. The van der Waals surface area contributed by atoms with Crippen LogP contribution in [0.2, 0.25) is 0 Å². The zero-order chi connectivity index (χ0) is 15.3. The molecule has 2 unspecified atom stereocenters. The number of carbonyl (C=O) groups is 2. The minimum Gasteiger partial charge on any atom is -0.379 e. The van der Waals surface area contributed by atoms with Crippen molar-refractivity contribution in [3.05, 3.63) is 0 Å². The molecule has 1 fully saturated rings. The van der Waals surface area contributed by atoms with Crippen LogP contribution in [0.25, 0.3) is 0 Å². The Morgan fingerprint density at radius 2 is 2.00 bits per heavy atom. The van der Waals surface area contributed by atoms with Crippen molar-refractivity contribution >= 4 is 11.8 Å². The number of piperazine rings is 1. The van der Waals surface area contributed by atoms with Crippen LogP contribution in [0, 0.1) is 5.92 Å². The molecular formula is C15H28N2O3. The van der Waals surface area contributed by atoms with Crippen LogP contribution in [-0.2, 0) is 14.3 Å². The summed E-state index contributed by atoms with van der Waals surface area (Å²) in [6.45, 7) is 11.5. The Labute approximate surface area is 122 Å². The molecule has 0 saturated carbocycles. The fourth-order valence-electron chi connectivity index (χ4n) is 2.39. The molecular weight excluding hydrogens is 256 g/mol. The first-order chi connectivity index (χ1) is 9.36. The zero-order valence-electron chi connectivity index (χ0n) is 13.4. The van der Waals surface area contributed by atoms with E-state index in [0.717, 1.165) is 0 Å². The van der Waals surface area contributed by atoms with E-state index in [0.29, 0.717) is 38.5 Å². The van der Waals surface area contributed by atoms with Crippen molar-refractivity contribution in [1.29, 1.82) is 0 Å². The standard InChI is InChI=1S/C15H28N2O3/c1-6-12-13(18)17(8-9-20-10-11(3)4)15(5,7-2)14(19)16-12/h11-12H,6-10H2,1-5H3,(H,16,19). The highest BCUT2D eigenvalue weighted by Crippen LogP contribution is 2.25. The summed E-state index contributed by atoms with van der Waals surface area (Å²) < 4.78 is 5.56. The van der Waals surface area contributed by atoms with Gasteiger partial charge in [0.25, 0.3) is 0 Å². The maximum Gasteiger partial charge on any atom is 0.246 e. The summed E-state index contributed by atoms with van der Waals surface area (Å²) in [5, 5.41) is 2.82. The van der Waals surface area contributed by atoms with Crippen LogP contribution in [0.3, 0.4) is 0 Å². The molecule has 5 heteroatoms. The van der Waals surface area contributed by atoms with E-state index in [1.54, 1.807) is 4.90 Å². The lowest BCUT2D eigenvalue weighted by Gasteiger charge is -2.45. The highest BCUT2D eigenvalue weighted by molar-refractivity contribution is 5.99. The predicted octanol–water partition coefficient (Wildman–Crippen LogP) is 1.56. The molecule has 0 aliphatic carbocycles. The van der Waals surface area contributed by atoms with Crippen molar-refractivity contribution < 1.29 is 14.3 Å². The van der Waals surface area contributed by atoms with E-state index in [1.165, 1.54) is 0 Å². The highest BCUT2D eigenvalue weighted by Gasteiger charge is 2.47. The summed E-state index contributed by atoms with van der Waals surface area (Å²) in [7, 11) is 0. The molecule has 1 aliphatic heterocycles. The van der Waals surface area contributed by atoms with Crippen LogP contribution in [0.15, 0.2) is 0 Å². The van der Waals surface area contributed by atoms with E-state index in [1.807, 2.05) is 20.8 Å². The second kappa shape index (κ2) is 7.07. The van der Waals surface area contributed by atoms with Crippen molar-refractivity contribution in [1.82, 2.24) is 10.2 Å². The second-order valence-electron chi connectivity index (χ2n) is 6.02. The number of nitrogens with zero attached hydrogens (tertiary/aromatic N) is 1. The van der Waals surface area contributed by atoms with E-state index >= 15 is 0 Å². The summed E-state index contributed by atoms with van der Waals surface area (Å²) in [6, 6.07) is -0.396. The molecule has 1 aliphatic rings. The average molecular weight is 284 g/mol. The number of hydrogen-bond donors (Lipinski definition) is 1. The van der Waals surface area contributed by atoms with Gasteiger partial charge in [-0.15, -0.1) is 0 Å². The maximum atomic E-state index is 12.5. The fraction of sp³-hybridized carbons (Fsp3) is 0.867. The Hall–Kier alpha value is -1.10. The molecule has 0 radical (unpaired) electrons.